The van der Waals surface area contributed by atoms with E-state index in [2.05, 4.69) is 4.72 Å². The lowest BCUT2D eigenvalue weighted by Crippen LogP contribution is -2.41. The van der Waals surface area contributed by atoms with Crippen molar-refractivity contribution < 1.29 is 22.0 Å². The number of hydrogen-bond acceptors (Lipinski definition) is 3. The van der Waals surface area contributed by atoms with Crippen molar-refractivity contribution in [2.24, 2.45) is 0 Å². The maximum Gasteiger partial charge on any atom is 0.245 e. The van der Waals surface area contributed by atoms with Crippen LogP contribution in [0.4, 0.5) is 8.78 Å². The molecule has 0 spiro atoms. The third-order valence-corrected chi connectivity index (χ3v) is 5.69. The highest BCUT2D eigenvalue weighted by Crippen LogP contribution is 2.22. The summed E-state index contributed by atoms with van der Waals surface area (Å²) >= 11 is 0. The van der Waals surface area contributed by atoms with E-state index in [0.29, 0.717) is 24.7 Å². The van der Waals surface area contributed by atoms with Gasteiger partial charge in [-0.1, -0.05) is 30.3 Å². The van der Waals surface area contributed by atoms with E-state index >= 15 is 0 Å². The van der Waals surface area contributed by atoms with Gasteiger partial charge in [0.05, 0.1) is 4.90 Å². The molecule has 1 aliphatic heterocycles. The number of likely N-dealkylation sites (tertiary alicyclic amines) is 1. The zero-order chi connectivity index (χ0) is 18.7. The minimum Gasteiger partial charge on any atom is -0.341 e. The van der Waals surface area contributed by atoms with Gasteiger partial charge in [-0.15, -0.1) is 0 Å². The average Bonchev–Trinajstić information content (AvgIpc) is 3.17. The SMILES string of the molecule is O=C([C@H](NS(=O)(=O)c1ccc(F)c(F)c1)c1ccccc1)N1CCCC1. The van der Waals surface area contributed by atoms with Crippen LogP contribution in [0.3, 0.4) is 0 Å². The molecule has 0 bridgehead atoms. The van der Waals surface area contributed by atoms with Crippen LogP contribution >= 0.6 is 0 Å². The standard InChI is InChI=1S/C18H18F2N2O3S/c19-15-9-8-14(12-16(15)20)26(24,25)21-17(13-6-2-1-3-7-13)18(23)22-10-4-5-11-22/h1-3,6-9,12,17,21H,4-5,10-11H2/t17-/m1/s1. The van der Waals surface area contributed by atoms with Gasteiger partial charge in [0.25, 0.3) is 0 Å². The van der Waals surface area contributed by atoms with Crippen LogP contribution in [0.1, 0.15) is 24.4 Å². The fraction of sp³-hybridized carbons (Fsp3) is 0.278. The summed E-state index contributed by atoms with van der Waals surface area (Å²) in [4.78, 5) is 14.0. The zero-order valence-electron chi connectivity index (χ0n) is 13.9. The molecule has 0 saturated carbocycles. The zero-order valence-corrected chi connectivity index (χ0v) is 14.7. The highest BCUT2D eigenvalue weighted by atomic mass is 32.2. The van der Waals surface area contributed by atoms with Gasteiger partial charge in [-0.3, -0.25) is 4.79 Å². The topological polar surface area (TPSA) is 66.5 Å². The molecular weight excluding hydrogens is 362 g/mol. The maximum atomic E-state index is 13.4. The summed E-state index contributed by atoms with van der Waals surface area (Å²) in [5, 5.41) is 0. The fourth-order valence-corrected chi connectivity index (χ4v) is 4.08. The molecule has 1 aliphatic rings. The molecule has 0 aromatic heterocycles. The van der Waals surface area contributed by atoms with E-state index in [1.54, 1.807) is 35.2 Å². The van der Waals surface area contributed by atoms with Crippen molar-refractivity contribution in [1.29, 1.82) is 0 Å². The largest absolute Gasteiger partial charge is 0.341 e. The van der Waals surface area contributed by atoms with E-state index in [1.165, 1.54) is 0 Å². The Morgan fingerprint density at radius 2 is 1.65 bits per heavy atom. The molecule has 1 atom stereocenters. The molecule has 0 unspecified atom stereocenters. The minimum atomic E-state index is -4.23. The third kappa shape index (κ3) is 3.91. The number of nitrogens with one attached hydrogen (secondary N) is 1. The number of benzene rings is 2. The van der Waals surface area contributed by atoms with E-state index in [0.717, 1.165) is 25.0 Å². The number of carbonyl (C=O) groups excluding carboxylic acids is 1. The number of carbonyl (C=O) groups is 1. The smallest absolute Gasteiger partial charge is 0.245 e. The number of halogens is 2. The highest BCUT2D eigenvalue weighted by molar-refractivity contribution is 7.89. The number of amides is 1. The van der Waals surface area contributed by atoms with Crippen LogP contribution in [-0.4, -0.2) is 32.3 Å². The molecule has 8 heteroatoms. The van der Waals surface area contributed by atoms with Crippen LogP contribution < -0.4 is 4.72 Å². The van der Waals surface area contributed by atoms with Crippen LogP contribution in [0.15, 0.2) is 53.4 Å². The Hall–Kier alpha value is -2.32. The van der Waals surface area contributed by atoms with Crippen molar-refractivity contribution in [2.75, 3.05) is 13.1 Å². The van der Waals surface area contributed by atoms with Crippen LogP contribution in [0.2, 0.25) is 0 Å². The monoisotopic (exact) mass is 380 g/mol. The summed E-state index contributed by atoms with van der Waals surface area (Å²) in [7, 11) is -4.23. The Morgan fingerprint density at radius 3 is 2.27 bits per heavy atom. The van der Waals surface area contributed by atoms with Gasteiger partial charge in [0, 0.05) is 13.1 Å². The highest BCUT2D eigenvalue weighted by Gasteiger charge is 2.32. The van der Waals surface area contributed by atoms with Gasteiger partial charge < -0.3 is 4.90 Å². The van der Waals surface area contributed by atoms with Crippen molar-refractivity contribution in [3.8, 4) is 0 Å². The van der Waals surface area contributed by atoms with Crippen molar-refractivity contribution in [3.63, 3.8) is 0 Å². The van der Waals surface area contributed by atoms with Gasteiger partial charge in [-0.2, -0.15) is 4.72 Å². The van der Waals surface area contributed by atoms with Gasteiger partial charge in [0.15, 0.2) is 11.6 Å². The molecule has 1 heterocycles. The van der Waals surface area contributed by atoms with Crippen molar-refractivity contribution in [1.82, 2.24) is 9.62 Å². The molecule has 1 fully saturated rings. The average molecular weight is 380 g/mol. The molecule has 2 aromatic rings. The quantitative estimate of drug-likeness (QED) is 0.867. The van der Waals surface area contributed by atoms with E-state index in [4.69, 9.17) is 0 Å². The normalized spacial score (nSPS) is 15.8. The lowest BCUT2D eigenvalue weighted by Gasteiger charge is -2.24. The molecule has 2 aromatic carbocycles. The third-order valence-electron chi connectivity index (χ3n) is 4.27. The molecule has 0 radical (unpaired) electrons. The fourth-order valence-electron chi connectivity index (χ4n) is 2.89. The summed E-state index contributed by atoms with van der Waals surface area (Å²) in [6.45, 7) is 1.13. The van der Waals surface area contributed by atoms with Crippen molar-refractivity contribution in [3.05, 3.63) is 65.7 Å². The van der Waals surface area contributed by atoms with Gasteiger partial charge in [-0.25, -0.2) is 17.2 Å². The molecular formula is C18H18F2N2O3S. The second-order valence-electron chi connectivity index (χ2n) is 6.07. The van der Waals surface area contributed by atoms with Gasteiger partial charge in [0.2, 0.25) is 15.9 Å². The molecule has 5 nitrogen and oxygen atoms in total. The molecule has 138 valence electrons. The number of sulfonamides is 1. The molecule has 26 heavy (non-hydrogen) atoms. The van der Waals surface area contributed by atoms with Gasteiger partial charge in [0.1, 0.15) is 6.04 Å². The molecule has 1 saturated heterocycles. The first kappa shape index (κ1) is 18.5. The Labute approximate surface area is 150 Å². The van der Waals surface area contributed by atoms with E-state index in [9.17, 15) is 22.0 Å². The Kier molecular flexibility index (Phi) is 5.33. The van der Waals surface area contributed by atoms with Gasteiger partial charge in [-0.05, 0) is 36.6 Å². The minimum absolute atomic E-state index is 0.361. The van der Waals surface area contributed by atoms with Crippen LogP contribution in [0.25, 0.3) is 0 Å². The Bertz CT molecular complexity index is 898. The number of hydrogen-bond donors (Lipinski definition) is 1. The summed E-state index contributed by atoms with van der Waals surface area (Å²) < 4.78 is 54.1. The number of rotatable bonds is 5. The van der Waals surface area contributed by atoms with Crippen LogP contribution in [0.5, 0.6) is 0 Å². The first-order valence-electron chi connectivity index (χ1n) is 8.19. The lowest BCUT2D eigenvalue weighted by atomic mass is 10.1. The Morgan fingerprint density at radius 1 is 1.00 bits per heavy atom. The second kappa shape index (κ2) is 7.51. The lowest BCUT2D eigenvalue weighted by molar-refractivity contribution is -0.132. The summed E-state index contributed by atoms with van der Waals surface area (Å²) in [6, 6.07) is 9.61. The van der Waals surface area contributed by atoms with Crippen LogP contribution in [0, 0.1) is 11.6 Å². The van der Waals surface area contributed by atoms with Gasteiger partial charge >= 0.3 is 0 Å². The van der Waals surface area contributed by atoms with Crippen LogP contribution in [-0.2, 0) is 14.8 Å². The Balaban J connectivity index is 1.94. The van der Waals surface area contributed by atoms with Crippen molar-refractivity contribution in [2.45, 2.75) is 23.8 Å². The summed E-state index contributed by atoms with van der Waals surface area (Å²) in [5.74, 6) is -2.77. The predicted octanol–water partition coefficient (Wildman–Crippen LogP) is 2.61. The first-order valence-corrected chi connectivity index (χ1v) is 9.68. The van der Waals surface area contributed by atoms with E-state index in [-0.39, 0.29) is 5.91 Å². The molecule has 1 N–H and O–H groups in total. The summed E-state index contributed by atoms with van der Waals surface area (Å²) in [5.41, 5.74) is 0.482. The first-order chi connectivity index (χ1) is 12.4. The maximum absolute atomic E-state index is 13.4. The number of nitrogens with zero attached hydrogens (tertiary/aromatic N) is 1. The molecule has 1 amide bonds. The van der Waals surface area contributed by atoms with E-state index in [1.807, 2.05) is 0 Å². The molecule has 0 aliphatic carbocycles. The van der Waals surface area contributed by atoms with Crippen molar-refractivity contribution >= 4 is 15.9 Å². The predicted molar refractivity (Wildman–Crippen MR) is 91.7 cm³/mol. The van der Waals surface area contributed by atoms with E-state index < -0.39 is 32.6 Å². The second-order valence-corrected chi connectivity index (χ2v) is 7.79. The molecule has 3 rings (SSSR count). The summed E-state index contributed by atoms with van der Waals surface area (Å²) in [6.07, 6.45) is 1.73.